The number of piperidine rings is 1. The van der Waals surface area contributed by atoms with Crippen LogP contribution in [0.4, 0.5) is 10.7 Å². The molecule has 0 bridgehead atoms. The number of benzene rings is 1. The molecule has 31 heavy (non-hydrogen) atoms. The van der Waals surface area contributed by atoms with Crippen molar-refractivity contribution < 1.29 is 4.79 Å². The van der Waals surface area contributed by atoms with Gasteiger partial charge in [0, 0.05) is 38.4 Å². The molecule has 0 unspecified atom stereocenters. The maximum Gasteiger partial charge on any atom is 0.238 e. The van der Waals surface area contributed by atoms with E-state index in [9.17, 15) is 4.79 Å². The number of hydrogen-bond donors (Lipinski definition) is 3. The van der Waals surface area contributed by atoms with E-state index in [4.69, 9.17) is 0 Å². The third kappa shape index (κ3) is 8.30. The molecule has 0 saturated carbocycles. The summed E-state index contributed by atoms with van der Waals surface area (Å²) in [5, 5.41) is 13.4. The number of thiophene rings is 1. The van der Waals surface area contributed by atoms with E-state index in [1.165, 1.54) is 5.00 Å². The first kappa shape index (κ1) is 25.4. The summed E-state index contributed by atoms with van der Waals surface area (Å²) in [6.07, 6.45) is 2.18. The molecule has 0 aliphatic carbocycles. The second-order valence-electron chi connectivity index (χ2n) is 7.77. The van der Waals surface area contributed by atoms with Gasteiger partial charge in [0.15, 0.2) is 5.96 Å². The van der Waals surface area contributed by atoms with Gasteiger partial charge in [-0.15, -0.1) is 35.3 Å². The van der Waals surface area contributed by atoms with E-state index in [0.29, 0.717) is 19.1 Å². The lowest BCUT2D eigenvalue weighted by atomic mass is 10.1. The average molecular weight is 557 g/mol. The average Bonchev–Trinajstić information content (AvgIpc) is 3.26. The molecule has 1 aliphatic heterocycles. The van der Waals surface area contributed by atoms with Gasteiger partial charge in [0.25, 0.3) is 0 Å². The molecule has 3 N–H and O–H groups in total. The zero-order valence-corrected chi connectivity index (χ0v) is 21.6. The van der Waals surface area contributed by atoms with Crippen molar-refractivity contribution in [3.05, 3.63) is 47.3 Å². The van der Waals surface area contributed by atoms with Gasteiger partial charge in [0.2, 0.25) is 5.91 Å². The molecule has 9 heteroatoms. The standard InChI is InChI=1S/C22H32N6OS.HI/c1-23-22(26-18-9-11-28(12-10-18)21-8-5-13-30-21)24-15-17-6-4-7-19(14-17)25-20(29)16-27(2)3;/h4-8,13-14,18H,9-12,15-16H2,1-3H3,(H,25,29)(H2,23,24,26);1H. The third-order valence-corrected chi connectivity index (χ3v) is 5.94. The van der Waals surface area contributed by atoms with Crippen LogP contribution in [0, 0.1) is 0 Å². The van der Waals surface area contributed by atoms with Crippen LogP contribution in [0.1, 0.15) is 18.4 Å². The summed E-state index contributed by atoms with van der Waals surface area (Å²) in [5.41, 5.74) is 1.90. The molecule has 1 amide bonds. The summed E-state index contributed by atoms with van der Waals surface area (Å²) in [6.45, 7) is 3.13. The van der Waals surface area contributed by atoms with Crippen LogP contribution in [0.2, 0.25) is 0 Å². The number of anilines is 2. The largest absolute Gasteiger partial charge is 0.363 e. The Morgan fingerprint density at radius 3 is 2.65 bits per heavy atom. The molecule has 1 aromatic heterocycles. The molecular weight excluding hydrogens is 523 g/mol. The Morgan fingerprint density at radius 1 is 1.23 bits per heavy atom. The SMILES string of the molecule is CN=C(NCc1cccc(NC(=O)CN(C)C)c1)NC1CCN(c2cccs2)CC1.I. The van der Waals surface area contributed by atoms with Crippen LogP contribution in [0.5, 0.6) is 0 Å². The smallest absolute Gasteiger partial charge is 0.238 e. The lowest BCUT2D eigenvalue weighted by Gasteiger charge is -2.33. The van der Waals surface area contributed by atoms with Crippen molar-refractivity contribution in [2.24, 2.45) is 4.99 Å². The molecule has 2 heterocycles. The van der Waals surface area contributed by atoms with Gasteiger partial charge in [-0.3, -0.25) is 9.79 Å². The van der Waals surface area contributed by atoms with Crippen molar-refractivity contribution in [2.75, 3.05) is 51.0 Å². The van der Waals surface area contributed by atoms with E-state index in [-0.39, 0.29) is 29.9 Å². The van der Waals surface area contributed by atoms with Crippen LogP contribution in [0.15, 0.2) is 46.8 Å². The number of rotatable bonds is 7. The van der Waals surface area contributed by atoms with Crippen LogP contribution in [0.25, 0.3) is 0 Å². The lowest BCUT2D eigenvalue weighted by Crippen LogP contribution is -2.48. The molecule has 1 saturated heterocycles. The highest BCUT2D eigenvalue weighted by molar-refractivity contribution is 14.0. The highest BCUT2D eigenvalue weighted by Crippen LogP contribution is 2.24. The van der Waals surface area contributed by atoms with Gasteiger partial charge < -0.3 is 25.8 Å². The first-order valence-electron chi connectivity index (χ1n) is 10.3. The lowest BCUT2D eigenvalue weighted by molar-refractivity contribution is -0.116. The second-order valence-corrected chi connectivity index (χ2v) is 8.70. The van der Waals surface area contributed by atoms with Crippen molar-refractivity contribution >= 4 is 57.9 Å². The third-order valence-electron chi connectivity index (χ3n) is 5.01. The van der Waals surface area contributed by atoms with Crippen molar-refractivity contribution in [3.8, 4) is 0 Å². The van der Waals surface area contributed by atoms with Crippen molar-refractivity contribution in [1.29, 1.82) is 0 Å². The summed E-state index contributed by atoms with van der Waals surface area (Å²) in [7, 11) is 5.56. The number of likely N-dealkylation sites (N-methyl/N-ethyl adjacent to an activating group) is 1. The molecule has 1 aromatic carbocycles. The summed E-state index contributed by atoms with van der Waals surface area (Å²) in [6, 6.07) is 12.6. The zero-order chi connectivity index (χ0) is 21.3. The minimum atomic E-state index is -0.0172. The van der Waals surface area contributed by atoms with Crippen LogP contribution in [0.3, 0.4) is 0 Å². The van der Waals surface area contributed by atoms with Crippen LogP contribution in [-0.4, -0.2) is 63.6 Å². The normalized spacial score (nSPS) is 14.8. The number of guanidine groups is 1. The van der Waals surface area contributed by atoms with E-state index < -0.39 is 0 Å². The molecule has 170 valence electrons. The maximum atomic E-state index is 12.0. The molecule has 0 radical (unpaired) electrons. The van der Waals surface area contributed by atoms with Gasteiger partial charge in [0.05, 0.1) is 11.5 Å². The number of halogens is 1. The first-order chi connectivity index (χ1) is 14.5. The van der Waals surface area contributed by atoms with Crippen molar-refractivity contribution in [1.82, 2.24) is 15.5 Å². The summed E-state index contributed by atoms with van der Waals surface area (Å²) >= 11 is 1.80. The Morgan fingerprint density at radius 2 is 2.00 bits per heavy atom. The molecule has 3 rings (SSSR count). The molecular formula is C22H33IN6OS. The quantitative estimate of drug-likeness (QED) is 0.278. The minimum Gasteiger partial charge on any atom is -0.363 e. The Kier molecular flexibility index (Phi) is 10.6. The van der Waals surface area contributed by atoms with Gasteiger partial charge in [0.1, 0.15) is 0 Å². The molecule has 1 fully saturated rings. The number of carbonyl (C=O) groups is 1. The zero-order valence-electron chi connectivity index (χ0n) is 18.4. The Labute approximate surface area is 206 Å². The van der Waals surface area contributed by atoms with Gasteiger partial charge >= 0.3 is 0 Å². The first-order valence-corrected chi connectivity index (χ1v) is 11.2. The van der Waals surface area contributed by atoms with Crippen molar-refractivity contribution in [3.63, 3.8) is 0 Å². The van der Waals surface area contributed by atoms with Crippen LogP contribution in [-0.2, 0) is 11.3 Å². The molecule has 0 atom stereocenters. The Balaban J connectivity index is 0.00000341. The molecule has 0 spiro atoms. The van der Waals surface area contributed by atoms with Gasteiger partial charge in [-0.25, -0.2) is 0 Å². The highest BCUT2D eigenvalue weighted by Gasteiger charge is 2.20. The van der Waals surface area contributed by atoms with Gasteiger partial charge in [-0.2, -0.15) is 0 Å². The number of amides is 1. The van der Waals surface area contributed by atoms with E-state index in [1.54, 1.807) is 18.4 Å². The minimum absolute atomic E-state index is 0. The molecule has 2 aromatic rings. The number of nitrogens with zero attached hydrogens (tertiary/aromatic N) is 3. The number of aliphatic imine (C=N–C) groups is 1. The fourth-order valence-electron chi connectivity index (χ4n) is 3.51. The fraction of sp³-hybridized carbons (Fsp3) is 0.455. The predicted molar refractivity (Wildman–Crippen MR) is 142 cm³/mol. The molecule has 7 nitrogen and oxygen atoms in total. The maximum absolute atomic E-state index is 12.0. The van der Waals surface area contributed by atoms with Gasteiger partial charge in [-0.05, 0) is 62.1 Å². The topological polar surface area (TPSA) is 72.0 Å². The van der Waals surface area contributed by atoms with Crippen molar-refractivity contribution in [2.45, 2.75) is 25.4 Å². The fourth-order valence-corrected chi connectivity index (χ4v) is 4.30. The monoisotopic (exact) mass is 556 g/mol. The number of nitrogens with one attached hydrogen (secondary N) is 3. The molecule has 1 aliphatic rings. The predicted octanol–water partition coefficient (Wildman–Crippen LogP) is 3.20. The van der Waals surface area contributed by atoms with Crippen LogP contribution < -0.4 is 20.9 Å². The number of hydrogen-bond acceptors (Lipinski definition) is 5. The summed E-state index contributed by atoms with van der Waals surface area (Å²) in [5.74, 6) is 0.795. The second kappa shape index (κ2) is 12.9. The van der Waals surface area contributed by atoms with Gasteiger partial charge in [-0.1, -0.05) is 12.1 Å². The van der Waals surface area contributed by atoms with E-state index in [1.807, 2.05) is 43.3 Å². The Hall–Kier alpha value is -1.85. The Bertz CT molecular complexity index is 834. The summed E-state index contributed by atoms with van der Waals surface area (Å²) < 4.78 is 0. The van der Waals surface area contributed by atoms with Crippen LogP contribution >= 0.6 is 35.3 Å². The van der Waals surface area contributed by atoms with E-state index >= 15 is 0 Å². The highest BCUT2D eigenvalue weighted by atomic mass is 127. The number of carbonyl (C=O) groups excluding carboxylic acids is 1. The van der Waals surface area contributed by atoms with E-state index in [2.05, 4.69) is 43.4 Å². The summed E-state index contributed by atoms with van der Waals surface area (Å²) in [4.78, 5) is 20.6. The van der Waals surface area contributed by atoms with E-state index in [0.717, 1.165) is 43.1 Å².